The summed E-state index contributed by atoms with van der Waals surface area (Å²) < 4.78 is 0. The highest BCUT2D eigenvalue weighted by Gasteiger charge is 2.11. The Kier molecular flexibility index (Phi) is 2.49. The largest absolute Gasteiger partial charge is 0.357 e. The number of aromatic nitrogens is 1. The number of hydrogen-bond acceptors (Lipinski definition) is 2. The average Bonchev–Trinajstić information content (AvgIpc) is 2.39. The molecule has 0 atom stereocenters. The molecule has 0 aliphatic carbocycles. The van der Waals surface area contributed by atoms with Gasteiger partial charge in [-0.2, -0.15) is 0 Å². The monoisotopic (exact) mass is 211 g/mol. The minimum absolute atomic E-state index is 1.05. The summed E-state index contributed by atoms with van der Waals surface area (Å²) in [6.07, 6.45) is 3.93. The molecule has 1 fully saturated rings. The van der Waals surface area contributed by atoms with E-state index in [-0.39, 0.29) is 0 Å². The number of rotatable bonds is 1. The van der Waals surface area contributed by atoms with Crippen molar-refractivity contribution in [2.45, 2.75) is 19.3 Å². The van der Waals surface area contributed by atoms with Crippen molar-refractivity contribution in [3.63, 3.8) is 0 Å². The zero-order chi connectivity index (χ0) is 10.8. The molecular weight excluding hydrogens is 196 g/mol. The molecule has 1 aliphatic heterocycles. The number of nitrogens with zero attached hydrogens (tertiary/aromatic N) is 2. The fraction of sp³-hybridized carbons (Fsp3) is 0.357. The van der Waals surface area contributed by atoms with E-state index in [0.717, 1.165) is 29.8 Å². The van der Waals surface area contributed by atoms with Crippen LogP contribution in [0.2, 0.25) is 0 Å². The molecule has 0 saturated carbocycles. The second-order valence-electron chi connectivity index (χ2n) is 4.32. The van der Waals surface area contributed by atoms with Gasteiger partial charge < -0.3 is 4.90 Å². The van der Waals surface area contributed by atoms with Gasteiger partial charge in [0.15, 0.2) is 0 Å². The van der Waals surface area contributed by atoms with Crippen LogP contribution in [0, 0.1) is 6.07 Å². The molecule has 1 radical (unpaired) electrons. The maximum atomic E-state index is 4.69. The Balaban J connectivity index is 1.97. The van der Waals surface area contributed by atoms with Crippen molar-refractivity contribution in [3.05, 3.63) is 36.4 Å². The summed E-state index contributed by atoms with van der Waals surface area (Å²) in [6.45, 7) is 2.28. The summed E-state index contributed by atoms with van der Waals surface area (Å²) in [7, 11) is 0. The zero-order valence-electron chi connectivity index (χ0n) is 9.32. The molecule has 81 valence electrons. The maximum absolute atomic E-state index is 4.69. The Labute approximate surface area is 95.9 Å². The molecule has 1 aliphatic rings. The number of piperidine rings is 1. The van der Waals surface area contributed by atoms with Gasteiger partial charge in [-0.15, -0.1) is 0 Å². The summed E-state index contributed by atoms with van der Waals surface area (Å²) in [5.74, 6) is 1.08. The smallest absolute Gasteiger partial charge is 0.129 e. The molecule has 0 bridgehead atoms. The van der Waals surface area contributed by atoms with Crippen LogP contribution in [0.25, 0.3) is 10.9 Å². The number of para-hydroxylation sites is 1. The van der Waals surface area contributed by atoms with E-state index in [1.54, 1.807) is 0 Å². The van der Waals surface area contributed by atoms with Gasteiger partial charge in [0.2, 0.25) is 0 Å². The topological polar surface area (TPSA) is 16.1 Å². The summed E-state index contributed by atoms with van der Waals surface area (Å²) in [5, 5.41) is 1.10. The molecule has 3 rings (SSSR count). The summed E-state index contributed by atoms with van der Waals surface area (Å²) in [5.41, 5.74) is 1.05. The Morgan fingerprint density at radius 1 is 1.06 bits per heavy atom. The van der Waals surface area contributed by atoms with Crippen LogP contribution in [0.1, 0.15) is 19.3 Å². The third-order valence-corrected chi connectivity index (χ3v) is 3.18. The number of pyridine rings is 1. The Morgan fingerprint density at radius 3 is 2.75 bits per heavy atom. The first-order chi connectivity index (χ1) is 7.93. The first-order valence-corrected chi connectivity index (χ1v) is 5.96. The SMILES string of the molecule is [c]1cc(N2CCCCC2)nc2ccccc12. The lowest BCUT2D eigenvalue weighted by Gasteiger charge is -2.27. The lowest BCUT2D eigenvalue weighted by atomic mass is 10.1. The van der Waals surface area contributed by atoms with Gasteiger partial charge in [0.25, 0.3) is 0 Å². The molecule has 16 heavy (non-hydrogen) atoms. The third-order valence-electron chi connectivity index (χ3n) is 3.18. The van der Waals surface area contributed by atoms with Crippen LogP contribution in [-0.4, -0.2) is 18.1 Å². The van der Waals surface area contributed by atoms with Gasteiger partial charge in [-0.25, -0.2) is 4.98 Å². The molecule has 1 aromatic heterocycles. The second kappa shape index (κ2) is 4.12. The van der Waals surface area contributed by atoms with Crippen molar-refractivity contribution in [2.24, 2.45) is 0 Å². The van der Waals surface area contributed by atoms with Crippen LogP contribution in [-0.2, 0) is 0 Å². The minimum atomic E-state index is 1.05. The Bertz CT molecular complexity index is 487. The summed E-state index contributed by atoms with van der Waals surface area (Å²) in [6, 6.07) is 13.5. The van der Waals surface area contributed by atoms with E-state index in [1.807, 2.05) is 18.2 Å². The normalized spacial score (nSPS) is 16.6. The average molecular weight is 211 g/mol. The van der Waals surface area contributed by atoms with Crippen LogP contribution in [0.15, 0.2) is 30.3 Å². The molecule has 2 aromatic rings. The standard InChI is InChI=1S/C14H15N2/c1-4-10-16(11-5-1)14-9-8-12-6-2-3-7-13(12)15-14/h2-3,6-7,9H,1,4-5,10-11H2. The highest BCUT2D eigenvalue weighted by Crippen LogP contribution is 2.20. The van der Waals surface area contributed by atoms with E-state index in [4.69, 9.17) is 4.98 Å². The predicted octanol–water partition coefficient (Wildman–Crippen LogP) is 3.03. The van der Waals surface area contributed by atoms with Crippen molar-refractivity contribution in [1.29, 1.82) is 0 Å². The van der Waals surface area contributed by atoms with E-state index >= 15 is 0 Å². The van der Waals surface area contributed by atoms with E-state index in [0.29, 0.717) is 0 Å². The molecule has 0 amide bonds. The van der Waals surface area contributed by atoms with Gasteiger partial charge in [0.05, 0.1) is 5.52 Å². The molecule has 1 aromatic carbocycles. The summed E-state index contributed by atoms with van der Waals surface area (Å²) in [4.78, 5) is 7.06. The quantitative estimate of drug-likeness (QED) is 0.720. The molecule has 1 saturated heterocycles. The van der Waals surface area contributed by atoms with Crippen molar-refractivity contribution in [3.8, 4) is 0 Å². The van der Waals surface area contributed by atoms with E-state index < -0.39 is 0 Å². The third kappa shape index (κ3) is 1.75. The molecule has 2 nitrogen and oxygen atoms in total. The lowest BCUT2D eigenvalue weighted by molar-refractivity contribution is 0.574. The van der Waals surface area contributed by atoms with Gasteiger partial charge in [-0.1, -0.05) is 18.2 Å². The maximum Gasteiger partial charge on any atom is 0.129 e. The van der Waals surface area contributed by atoms with Gasteiger partial charge in [0, 0.05) is 18.5 Å². The molecule has 0 N–H and O–H groups in total. The first kappa shape index (κ1) is 9.64. The number of fused-ring (bicyclic) bond motifs is 1. The number of anilines is 1. The van der Waals surface area contributed by atoms with E-state index in [9.17, 15) is 0 Å². The van der Waals surface area contributed by atoms with Crippen LogP contribution in [0.5, 0.6) is 0 Å². The van der Waals surface area contributed by atoms with Crippen molar-refractivity contribution < 1.29 is 0 Å². The molecule has 2 heterocycles. The fourth-order valence-electron chi connectivity index (χ4n) is 2.28. The zero-order valence-corrected chi connectivity index (χ0v) is 9.32. The van der Waals surface area contributed by atoms with Crippen LogP contribution < -0.4 is 4.90 Å². The van der Waals surface area contributed by atoms with Crippen molar-refractivity contribution >= 4 is 16.7 Å². The van der Waals surface area contributed by atoms with Crippen LogP contribution in [0.4, 0.5) is 5.82 Å². The van der Waals surface area contributed by atoms with E-state index in [1.165, 1.54) is 19.3 Å². The van der Waals surface area contributed by atoms with Gasteiger partial charge in [0.1, 0.15) is 5.82 Å². The van der Waals surface area contributed by atoms with Crippen LogP contribution >= 0.6 is 0 Å². The Hall–Kier alpha value is -1.57. The molecule has 0 spiro atoms. The second-order valence-corrected chi connectivity index (χ2v) is 4.32. The first-order valence-electron chi connectivity index (χ1n) is 5.96. The molecule has 2 heteroatoms. The Morgan fingerprint density at radius 2 is 1.88 bits per heavy atom. The predicted molar refractivity (Wildman–Crippen MR) is 66.6 cm³/mol. The highest BCUT2D eigenvalue weighted by atomic mass is 15.2. The number of benzene rings is 1. The highest BCUT2D eigenvalue weighted by molar-refractivity contribution is 5.79. The van der Waals surface area contributed by atoms with Crippen molar-refractivity contribution in [1.82, 2.24) is 4.98 Å². The van der Waals surface area contributed by atoms with Crippen LogP contribution in [0.3, 0.4) is 0 Å². The minimum Gasteiger partial charge on any atom is -0.357 e. The van der Waals surface area contributed by atoms with E-state index in [2.05, 4.69) is 23.1 Å². The van der Waals surface area contributed by atoms with Crippen molar-refractivity contribution in [2.75, 3.05) is 18.0 Å². The van der Waals surface area contributed by atoms with Gasteiger partial charge in [-0.3, -0.25) is 0 Å². The van der Waals surface area contributed by atoms with Gasteiger partial charge in [-0.05, 0) is 37.5 Å². The summed E-state index contributed by atoms with van der Waals surface area (Å²) >= 11 is 0. The van der Waals surface area contributed by atoms with Gasteiger partial charge >= 0.3 is 0 Å². The lowest BCUT2D eigenvalue weighted by Crippen LogP contribution is -2.30. The molecular formula is C14H15N2. The number of hydrogen-bond donors (Lipinski definition) is 0. The molecule has 0 unspecified atom stereocenters. The fourth-order valence-corrected chi connectivity index (χ4v) is 2.28.